The number of nitrogens with zero attached hydrogens (tertiary/aromatic N) is 2. The zero-order valence-electron chi connectivity index (χ0n) is 15.7. The van der Waals surface area contributed by atoms with E-state index in [1.54, 1.807) is 24.3 Å². The van der Waals surface area contributed by atoms with Crippen molar-refractivity contribution in [3.05, 3.63) is 95.3 Å². The molecule has 5 rings (SSSR count). The summed E-state index contributed by atoms with van der Waals surface area (Å²) in [6.45, 7) is -2.88. The third-order valence-electron chi connectivity index (χ3n) is 5.27. The molecule has 2 atom stereocenters. The van der Waals surface area contributed by atoms with Crippen LogP contribution in [0.15, 0.2) is 77.9 Å². The van der Waals surface area contributed by atoms with Gasteiger partial charge < -0.3 is 9.47 Å². The molecular weight excluding hydrogens is 393 g/mol. The van der Waals surface area contributed by atoms with Gasteiger partial charge in [-0.05, 0) is 48.0 Å². The van der Waals surface area contributed by atoms with Crippen LogP contribution < -0.4 is 9.47 Å². The van der Waals surface area contributed by atoms with Crippen molar-refractivity contribution in [3.63, 3.8) is 0 Å². The van der Waals surface area contributed by atoms with Crippen molar-refractivity contribution >= 4 is 5.71 Å². The van der Waals surface area contributed by atoms with Gasteiger partial charge in [0, 0.05) is 17.5 Å². The van der Waals surface area contributed by atoms with E-state index in [2.05, 4.69) is 4.74 Å². The lowest BCUT2D eigenvalue weighted by Crippen LogP contribution is -2.33. The maximum atomic E-state index is 13.3. The highest BCUT2D eigenvalue weighted by molar-refractivity contribution is 6.01. The second-order valence-electron chi connectivity index (χ2n) is 7.11. The highest BCUT2D eigenvalue weighted by atomic mass is 19.3. The van der Waals surface area contributed by atoms with E-state index in [0.717, 1.165) is 28.2 Å². The molecule has 0 radical (unpaired) electrons. The van der Waals surface area contributed by atoms with Crippen LogP contribution in [-0.2, 0) is 0 Å². The summed E-state index contributed by atoms with van der Waals surface area (Å²) < 4.78 is 48.9. The molecule has 30 heavy (non-hydrogen) atoms. The molecule has 0 saturated heterocycles. The minimum Gasteiger partial charge on any atom is -0.464 e. The van der Waals surface area contributed by atoms with E-state index in [0.29, 0.717) is 6.42 Å². The SMILES string of the molecule is Fc1ccc(C2=NN3[C@@H](C2)c2ccccc2O[C@H]3c2ccc(OC(F)F)cc2)cc1. The number of benzene rings is 3. The van der Waals surface area contributed by atoms with Gasteiger partial charge in [0.25, 0.3) is 0 Å². The van der Waals surface area contributed by atoms with Gasteiger partial charge in [0.2, 0.25) is 6.23 Å². The van der Waals surface area contributed by atoms with Gasteiger partial charge in [-0.1, -0.05) is 30.3 Å². The van der Waals surface area contributed by atoms with E-state index in [4.69, 9.17) is 9.84 Å². The summed E-state index contributed by atoms with van der Waals surface area (Å²) in [6, 6.07) is 20.3. The Morgan fingerprint density at radius 2 is 1.70 bits per heavy atom. The topological polar surface area (TPSA) is 34.1 Å². The Hall–Kier alpha value is -3.48. The number of hydrogen-bond donors (Lipinski definition) is 0. The third kappa shape index (κ3) is 3.36. The maximum absolute atomic E-state index is 13.3. The normalized spacial score (nSPS) is 19.7. The second-order valence-corrected chi connectivity index (χ2v) is 7.11. The summed E-state index contributed by atoms with van der Waals surface area (Å²) >= 11 is 0. The summed E-state index contributed by atoms with van der Waals surface area (Å²) in [5, 5.41) is 6.67. The first kappa shape index (κ1) is 18.5. The molecule has 0 saturated carbocycles. The van der Waals surface area contributed by atoms with Gasteiger partial charge in [-0.15, -0.1) is 0 Å². The van der Waals surface area contributed by atoms with Gasteiger partial charge in [-0.2, -0.15) is 13.9 Å². The Morgan fingerprint density at radius 1 is 0.967 bits per heavy atom. The van der Waals surface area contributed by atoms with Gasteiger partial charge in [-0.3, -0.25) is 0 Å². The molecule has 3 aromatic carbocycles. The van der Waals surface area contributed by atoms with Crippen LogP contribution in [0.1, 0.15) is 35.4 Å². The second kappa shape index (κ2) is 7.40. The van der Waals surface area contributed by atoms with Crippen molar-refractivity contribution in [1.29, 1.82) is 0 Å². The molecule has 0 bridgehead atoms. The van der Waals surface area contributed by atoms with Crippen molar-refractivity contribution in [2.45, 2.75) is 25.3 Å². The van der Waals surface area contributed by atoms with Crippen molar-refractivity contribution in [1.82, 2.24) is 5.01 Å². The molecule has 2 heterocycles. The fourth-order valence-corrected chi connectivity index (χ4v) is 3.88. The van der Waals surface area contributed by atoms with Gasteiger partial charge in [0.1, 0.15) is 17.3 Å². The lowest BCUT2D eigenvalue weighted by Gasteiger charge is -2.38. The molecule has 7 heteroatoms. The number of hydrogen-bond acceptors (Lipinski definition) is 4. The smallest absolute Gasteiger partial charge is 0.387 e. The van der Waals surface area contributed by atoms with Crippen LogP contribution in [-0.4, -0.2) is 17.3 Å². The molecule has 2 aliphatic heterocycles. The molecule has 0 amide bonds. The van der Waals surface area contributed by atoms with Crippen LogP contribution >= 0.6 is 0 Å². The lowest BCUT2D eigenvalue weighted by atomic mass is 9.96. The van der Waals surface area contributed by atoms with Crippen LogP contribution in [0.25, 0.3) is 0 Å². The van der Waals surface area contributed by atoms with E-state index in [9.17, 15) is 13.2 Å². The number of hydrazone groups is 1. The first-order valence-corrected chi connectivity index (χ1v) is 9.50. The Labute approximate surface area is 171 Å². The standard InChI is InChI=1S/C23H17F3N2O2/c24-16-9-5-14(6-10-16)19-13-20-18-3-1-2-4-21(18)30-22(28(20)27-19)15-7-11-17(12-8-15)29-23(25)26/h1-12,20,22-23H,13H2/t20-,22-/m0/s1. The molecule has 0 aliphatic carbocycles. The van der Waals surface area contributed by atoms with Crippen LogP contribution in [0.2, 0.25) is 0 Å². The largest absolute Gasteiger partial charge is 0.464 e. The summed E-state index contributed by atoms with van der Waals surface area (Å²) in [6.07, 6.45) is 0.123. The van der Waals surface area contributed by atoms with Crippen molar-refractivity contribution in [2.24, 2.45) is 5.10 Å². The Kier molecular flexibility index (Phi) is 4.58. The van der Waals surface area contributed by atoms with Crippen molar-refractivity contribution < 1.29 is 22.6 Å². The predicted molar refractivity (Wildman–Crippen MR) is 105 cm³/mol. The number of para-hydroxylation sites is 1. The fraction of sp³-hybridized carbons (Fsp3) is 0.174. The quantitative estimate of drug-likeness (QED) is 0.556. The van der Waals surface area contributed by atoms with E-state index >= 15 is 0 Å². The summed E-state index contributed by atoms with van der Waals surface area (Å²) in [5.41, 5.74) is 3.47. The molecule has 0 N–H and O–H groups in total. The number of fused-ring (bicyclic) bond motifs is 3. The molecule has 3 aromatic rings. The molecule has 0 aromatic heterocycles. The number of rotatable bonds is 4. The van der Waals surface area contributed by atoms with Crippen LogP contribution in [0.4, 0.5) is 13.2 Å². The molecule has 2 aliphatic rings. The first-order valence-electron chi connectivity index (χ1n) is 9.50. The average molecular weight is 410 g/mol. The highest BCUT2D eigenvalue weighted by Crippen LogP contribution is 2.47. The van der Waals surface area contributed by atoms with E-state index in [1.807, 2.05) is 29.3 Å². The maximum Gasteiger partial charge on any atom is 0.387 e. The number of ether oxygens (including phenoxy) is 2. The summed E-state index contributed by atoms with van der Waals surface area (Å²) in [5.74, 6) is 0.540. The zero-order valence-corrected chi connectivity index (χ0v) is 15.7. The summed E-state index contributed by atoms with van der Waals surface area (Å²) in [7, 11) is 0. The lowest BCUT2D eigenvalue weighted by molar-refractivity contribution is -0.0499. The van der Waals surface area contributed by atoms with Crippen molar-refractivity contribution in [2.75, 3.05) is 0 Å². The molecular formula is C23H17F3N2O2. The monoisotopic (exact) mass is 410 g/mol. The molecule has 0 unspecified atom stereocenters. The Balaban J connectivity index is 1.51. The van der Waals surface area contributed by atoms with Gasteiger partial charge >= 0.3 is 6.61 Å². The molecule has 152 valence electrons. The highest BCUT2D eigenvalue weighted by Gasteiger charge is 2.40. The van der Waals surface area contributed by atoms with Crippen LogP contribution in [0.3, 0.4) is 0 Å². The zero-order chi connectivity index (χ0) is 20.7. The van der Waals surface area contributed by atoms with E-state index in [1.165, 1.54) is 24.3 Å². The first-order chi connectivity index (χ1) is 14.6. The van der Waals surface area contributed by atoms with Gasteiger partial charge in [0.15, 0.2) is 0 Å². The van der Waals surface area contributed by atoms with Crippen molar-refractivity contribution in [3.8, 4) is 11.5 Å². The minimum atomic E-state index is -2.88. The van der Waals surface area contributed by atoms with Crippen LogP contribution in [0, 0.1) is 5.82 Å². The third-order valence-corrected chi connectivity index (χ3v) is 5.27. The molecule has 4 nitrogen and oxygen atoms in total. The van der Waals surface area contributed by atoms with Gasteiger partial charge in [0.05, 0.1) is 11.8 Å². The summed E-state index contributed by atoms with van der Waals surface area (Å²) in [4.78, 5) is 0. The minimum absolute atomic E-state index is 0.0445. The predicted octanol–water partition coefficient (Wildman–Crippen LogP) is 5.67. The van der Waals surface area contributed by atoms with E-state index < -0.39 is 12.8 Å². The Bertz CT molecular complexity index is 1080. The molecule has 0 fully saturated rings. The Morgan fingerprint density at radius 3 is 2.43 bits per heavy atom. The average Bonchev–Trinajstić information content (AvgIpc) is 3.20. The van der Waals surface area contributed by atoms with Gasteiger partial charge in [-0.25, -0.2) is 9.40 Å². The number of halogens is 3. The van der Waals surface area contributed by atoms with E-state index in [-0.39, 0.29) is 17.6 Å². The van der Waals surface area contributed by atoms with Crippen LogP contribution in [0.5, 0.6) is 11.5 Å². The molecule has 0 spiro atoms. The number of alkyl halides is 2. The fourth-order valence-electron chi connectivity index (χ4n) is 3.88.